The number of nitrogens with zero attached hydrogens (tertiary/aromatic N) is 1. The van der Waals surface area contributed by atoms with E-state index in [0.717, 1.165) is 5.56 Å². The van der Waals surface area contributed by atoms with Crippen LogP contribution in [0, 0.1) is 0 Å². The number of methoxy groups -OCH3 is 1. The number of anilines is 1. The highest BCUT2D eigenvalue weighted by atomic mass is 35.5. The number of aryl methyl sites for hydroxylation is 1. The zero-order valence-electron chi connectivity index (χ0n) is 11.7. The highest BCUT2D eigenvalue weighted by molar-refractivity contribution is 6.30. The minimum atomic E-state index is -0.734. The molecule has 5 nitrogen and oxygen atoms in total. The highest BCUT2D eigenvalue weighted by Gasteiger charge is 2.20. The topological polar surface area (TPSA) is 60.3 Å². The van der Waals surface area contributed by atoms with Gasteiger partial charge in [0.1, 0.15) is 5.02 Å². The molecule has 0 aliphatic rings. The van der Waals surface area contributed by atoms with Crippen molar-refractivity contribution in [2.45, 2.75) is 6.10 Å². The summed E-state index contributed by atoms with van der Waals surface area (Å²) in [5, 5.41) is 2.74. The van der Waals surface area contributed by atoms with E-state index in [9.17, 15) is 9.59 Å². The van der Waals surface area contributed by atoms with Gasteiger partial charge in [0.05, 0.1) is 5.69 Å². The van der Waals surface area contributed by atoms with Gasteiger partial charge in [-0.25, -0.2) is 0 Å². The smallest absolute Gasteiger partial charge is 0.269 e. The number of amides is 1. The summed E-state index contributed by atoms with van der Waals surface area (Å²) in [6, 6.07) is 10.6. The Labute approximate surface area is 127 Å². The molecule has 110 valence electrons. The first-order chi connectivity index (χ1) is 10.0. The summed E-state index contributed by atoms with van der Waals surface area (Å²) in [4.78, 5) is 23.8. The van der Waals surface area contributed by atoms with Gasteiger partial charge in [0.2, 0.25) is 0 Å². The lowest BCUT2D eigenvalue weighted by atomic mass is 10.1. The molecular formula is C15H15ClN2O3. The van der Waals surface area contributed by atoms with E-state index in [0.29, 0.717) is 5.69 Å². The first-order valence-corrected chi connectivity index (χ1v) is 6.65. The number of nitrogens with one attached hydrogen (secondary N) is 1. The van der Waals surface area contributed by atoms with E-state index in [1.165, 1.54) is 23.9 Å². The number of carbonyl (C=O) groups excluding carboxylic acids is 1. The Bertz CT molecular complexity index is 672. The summed E-state index contributed by atoms with van der Waals surface area (Å²) in [5.41, 5.74) is 0.861. The SMILES string of the molecule is COC(C(=O)Nc1cc(Cl)c(=O)n(C)c1)c1ccccc1. The third-order valence-electron chi connectivity index (χ3n) is 2.98. The van der Waals surface area contributed by atoms with Crippen LogP contribution < -0.4 is 10.9 Å². The zero-order chi connectivity index (χ0) is 15.4. The molecule has 0 spiro atoms. The second kappa shape index (κ2) is 6.56. The van der Waals surface area contributed by atoms with Gasteiger partial charge in [-0.15, -0.1) is 0 Å². The van der Waals surface area contributed by atoms with E-state index in [4.69, 9.17) is 16.3 Å². The lowest BCUT2D eigenvalue weighted by molar-refractivity contribution is -0.126. The monoisotopic (exact) mass is 306 g/mol. The van der Waals surface area contributed by atoms with Gasteiger partial charge in [0, 0.05) is 20.4 Å². The van der Waals surface area contributed by atoms with E-state index < -0.39 is 6.10 Å². The number of halogens is 1. The molecule has 21 heavy (non-hydrogen) atoms. The number of hydrogen-bond acceptors (Lipinski definition) is 3. The van der Waals surface area contributed by atoms with Crippen LogP contribution in [-0.4, -0.2) is 17.6 Å². The van der Waals surface area contributed by atoms with Gasteiger partial charge in [0.15, 0.2) is 6.10 Å². The molecule has 2 aromatic rings. The number of rotatable bonds is 4. The minimum Gasteiger partial charge on any atom is -0.367 e. The molecule has 1 unspecified atom stereocenters. The summed E-state index contributed by atoms with van der Waals surface area (Å²) in [7, 11) is 3.03. The maximum Gasteiger partial charge on any atom is 0.269 e. The van der Waals surface area contributed by atoms with Crippen LogP contribution in [-0.2, 0) is 16.6 Å². The molecule has 1 aromatic heterocycles. The fourth-order valence-corrected chi connectivity index (χ4v) is 2.22. The molecule has 0 fully saturated rings. The number of carbonyl (C=O) groups is 1. The Kier molecular flexibility index (Phi) is 4.77. The fraction of sp³-hybridized carbons (Fsp3) is 0.200. The largest absolute Gasteiger partial charge is 0.367 e. The minimum absolute atomic E-state index is 0.0453. The summed E-state index contributed by atoms with van der Waals surface area (Å²) >= 11 is 5.82. The van der Waals surface area contributed by atoms with Gasteiger partial charge in [-0.1, -0.05) is 41.9 Å². The maximum absolute atomic E-state index is 12.3. The number of benzene rings is 1. The van der Waals surface area contributed by atoms with Crippen LogP contribution in [0.1, 0.15) is 11.7 Å². The summed E-state index contributed by atoms with van der Waals surface area (Å²) in [6.45, 7) is 0. The second-order valence-electron chi connectivity index (χ2n) is 4.51. The maximum atomic E-state index is 12.3. The van der Waals surface area contributed by atoms with Crippen LogP contribution in [0.15, 0.2) is 47.4 Å². The molecule has 0 radical (unpaired) electrons. The average molecular weight is 307 g/mol. The van der Waals surface area contributed by atoms with Gasteiger partial charge in [-0.2, -0.15) is 0 Å². The Morgan fingerprint density at radius 1 is 1.33 bits per heavy atom. The summed E-state index contributed by atoms with van der Waals surface area (Å²) in [6.07, 6.45) is 0.770. The molecule has 0 aliphatic carbocycles. The van der Waals surface area contributed by atoms with Crippen molar-refractivity contribution in [3.8, 4) is 0 Å². The molecule has 2 rings (SSSR count). The fourth-order valence-electron chi connectivity index (χ4n) is 1.97. The third-order valence-corrected chi connectivity index (χ3v) is 3.25. The van der Waals surface area contributed by atoms with Crippen molar-refractivity contribution in [2.75, 3.05) is 12.4 Å². The van der Waals surface area contributed by atoms with Crippen LogP contribution >= 0.6 is 11.6 Å². The predicted octanol–water partition coefficient (Wildman–Crippen LogP) is 2.36. The molecule has 1 amide bonds. The molecular weight excluding hydrogens is 292 g/mol. The van der Waals surface area contributed by atoms with Crippen molar-refractivity contribution in [3.63, 3.8) is 0 Å². The van der Waals surface area contributed by atoms with Crippen LogP contribution in [0.4, 0.5) is 5.69 Å². The van der Waals surface area contributed by atoms with E-state index in [2.05, 4.69) is 5.32 Å². The van der Waals surface area contributed by atoms with Gasteiger partial charge in [-0.3, -0.25) is 9.59 Å². The second-order valence-corrected chi connectivity index (χ2v) is 4.92. The van der Waals surface area contributed by atoms with Crippen molar-refractivity contribution in [1.82, 2.24) is 4.57 Å². The van der Waals surface area contributed by atoms with E-state index >= 15 is 0 Å². The van der Waals surface area contributed by atoms with E-state index in [-0.39, 0.29) is 16.5 Å². The van der Waals surface area contributed by atoms with Crippen LogP contribution in [0.25, 0.3) is 0 Å². The van der Waals surface area contributed by atoms with Gasteiger partial charge >= 0.3 is 0 Å². The van der Waals surface area contributed by atoms with Crippen molar-refractivity contribution >= 4 is 23.2 Å². The number of ether oxygens (including phenoxy) is 1. The Morgan fingerprint density at radius 3 is 2.57 bits per heavy atom. The Balaban J connectivity index is 2.23. The van der Waals surface area contributed by atoms with Crippen molar-refractivity contribution < 1.29 is 9.53 Å². The summed E-state index contributed by atoms with van der Waals surface area (Å²) in [5.74, 6) is -0.335. The van der Waals surface area contributed by atoms with Gasteiger partial charge in [0.25, 0.3) is 11.5 Å². The lowest BCUT2D eigenvalue weighted by Gasteiger charge is -2.16. The molecule has 0 bridgehead atoms. The quantitative estimate of drug-likeness (QED) is 0.943. The van der Waals surface area contributed by atoms with Crippen molar-refractivity contribution in [3.05, 3.63) is 63.5 Å². The van der Waals surface area contributed by atoms with E-state index in [1.54, 1.807) is 7.05 Å². The van der Waals surface area contributed by atoms with Crippen LogP contribution in [0.3, 0.4) is 0 Å². The third kappa shape index (κ3) is 3.51. The summed E-state index contributed by atoms with van der Waals surface area (Å²) < 4.78 is 6.55. The zero-order valence-corrected chi connectivity index (χ0v) is 12.4. The molecule has 0 aliphatic heterocycles. The average Bonchev–Trinajstić information content (AvgIpc) is 2.46. The first-order valence-electron chi connectivity index (χ1n) is 6.27. The lowest BCUT2D eigenvalue weighted by Crippen LogP contribution is -2.24. The standard InChI is InChI=1S/C15H15ClN2O3/c1-18-9-11(8-12(16)15(18)20)17-14(19)13(21-2)10-6-4-3-5-7-10/h3-9,13H,1-2H3,(H,17,19). The Hall–Kier alpha value is -2.11. The van der Waals surface area contributed by atoms with Gasteiger partial charge in [-0.05, 0) is 11.6 Å². The molecule has 0 saturated heterocycles. The highest BCUT2D eigenvalue weighted by Crippen LogP contribution is 2.19. The number of hydrogen-bond donors (Lipinski definition) is 1. The van der Waals surface area contributed by atoms with Crippen molar-refractivity contribution in [2.24, 2.45) is 7.05 Å². The molecule has 1 aromatic carbocycles. The molecule has 1 N–H and O–H groups in total. The predicted molar refractivity (Wildman–Crippen MR) is 81.5 cm³/mol. The Morgan fingerprint density at radius 2 is 2.00 bits per heavy atom. The first kappa shape index (κ1) is 15.3. The molecule has 1 atom stereocenters. The molecule has 6 heteroatoms. The normalized spacial score (nSPS) is 12.0. The van der Waals surface area contributed by atoms with Crippen LogP contribution in [0.5, 0.6) is 0 Å². The molecule has 1 heterocycles. The number of aromatic nitrogens is 1. The van der Waals surface area contributed by atoms with Crippen molar-refractivity contribution in [1.29, 1.82) is 0 Å². The molecule has 0 saturated carbocycles. The van der Waals surface area contributed by atoms with Crippen LogP contribution in [0.2, 0.25) is 5.02 Å². The number of pyridine rings is 1. The van der Waals surface area contributed by atoms with E-state index in [1.807, 2.05) is 30.3 Å². The van der Waals surface area contributed by atoms with Gasteiger partial charge < -0.3 is 14.6 Å².